The summed E-state index contributed by atoms with van der Waals surface area (Å²) in [6.07, 6.45) is 18.5. The van der Waals surface area contributed by atoms with E-state index in [4.69, 9.17) is 9.90 Å². The Bertz CT molecular complexity index is 182. The molecule has 0 rings (SSSR count). The summed E-state index contributed by atoms with van der Waals surface area (Å²) in [5, 5.41) is 7.42. The summed E-state index contributed by atoms with van der Waals surface area (Å²) in [4.78, 5) is 9.00. The molecule has 0 fully saturated rings. The Balaban J connectivity index is 0. The summed E-state index contributed by atoms with van der Waals surface area (Å²) >= 11 is 0. The van der Waals surface area contributed by atoms with E-state index in [1.807, 2.05) is 0 Å². The lowest BCUT2D eigenvalue weighted by molar-refractivity contribution is -0.134. The van der Waals surface area contributed by atoms with Crippen molar-refractivity contribution in [3.05, 3.63) is 12.2 Å². The first-order chi connectivity index (χ1) is 8.65. The summed E-state index contributed by atoms with van der Waals surface area (Å²) in [6, 6.07) is 0. The van der Waals surface area contributed by atoms with Crippen molar-refractivity contribution in [2.75, 3.05) is 0 Å². The second kappa shape index (κ2) is 18.6. The Morgan fingerprint density at radius 1 is 0.833 bits per heavy atom. The first kappa shape index (κ1) is 19.5. The molecule has 0 saturated heterocycles. The van der Waals surface area contributed by atoms with Gasteiger partial charge in [0.1, 0.15) is 0 Å². The number of rotatable bonds is 10. The number of aliphatic carboxylic acids is 1. The predicted octanol–water partition coefficient (Wildman–Crippen LogP) is 5.57. The van der Waals surface area contributed by atoms with Gasteiger partial charge in [-0.15, -0.1) is 0 Å². The van der Waals surface area contributed by atoms with Crippen LogP contribution in [-0.4, -0.2) is 11.1 Å². The maximum atomic E-state index is 9.00. The highest BCUT2D eigenvalue weighted by Gasteiger charge is 1.88. The van der Waals surface area contributed by atoms with Crippen molar-refractivity contribution in [3.63, 3.8) is 0 Å². The Labute approximate surface area is 113 Å². The van der Waals surface area contributed by atoms with Crippen LogP contribution in [-0.2, 0) is 4.79 Å². The normalized spacial score (nSPS) is 10.2. The van der Waals surface area contributed by atoms with Crippen molar-refractivity contribution >= 4 is 5.97 Å². The van der Waals surface area contributed by atoms with Gasteiger partial charge in [-0.1, -0.05) is 70.9 Å². The Morgan fingerprint density at radius 3 is 1.78 bits per heavy atom. The molecule has 0 heterocycles. The molecule has 0 amide bonds. The first-order valence-corrected chi connectivity index (χ1v) is 7.49. The van der Waals surface area contributed by atoms with E-state index in [1.54, 1.807) is 0 Å². The van der Waals surface area contributed by atoms with Gasteiger partial charge < -0.3 is 5.11 Å². The highest BCUT2D eigenvalue weighted by atomic mass is 16.4. The minimum absolute atomic E-state index is 0.833. The molecule has 18 heavy (non-hydrogen) atoms. The molecule has 0 saturated carbocycles. The van der Waals surface area contributed by atoms with Gasteiger partial charge in [-0.2, -0.15) is 0 Å². The van der Waals surface area contributed by atoms with Crippen LogP contribution in [0.2, 0.25) is 0 Å². The molecule has 2 heteroatoms. The van der Waals surface area contributed by atoms with Gasteiger partial charge in [0.25, 0.3) is 5.97 Å². The molecule has 0 aliphatic carbocycles. The summed E-state index contributed by atoms with van der Waals surface area (Å²) in [7, 11) is 0. The fourth-order valence-corrected chi connectivity index (χ4v) is 1.62. The van der Waals surface area contributed by atoms with Gasteiger partial charge in [0, 0.05) is 6.92 Å². The number of unbranched alkanes of at least 4 members (excludes halogenated alkanes) is 8. The SMILES string of the molecule is CC(=O)O.CCC/C=C/CCCCCCCCC. The fourth-order valence-electron chi connectivity index (χ4n) is 1.62. The highest BCUT2D eigenvalue weighted by Crippen LogP contribution is 2.08. The first-order valence-electron chi connectivity index (χ1n) is 7.49. The molecular weight excluding hydrogens is 224 g/mol. The van der Waals surface area contributed by atoms with Crippen molar-refractivity contribution in [2.45, 2.75) is 85.0 Å². The largest absolute Gasteiger partial charge is 0.481 e. The third-order valence-corrected chi connectivity index (χ3v) is 2.60. The smallest absolute Gasteiger partial charge is 0.300 e. The molecule has 0 unspecified atom stereocenters. The average molecular weight is 256 g/mol. The number of hydrogen-bond acceptors (Lipinski definition) is 1. The van der Waals surface area contributed by atoms with Crippen LogP contribution in [0.1, 0.15) is 85.0 Å². The molecule has 0 aliphatic rings. The lowest BCUT2D eigenvalue weighted by Crippen LogP contribution is -1.78. The molecule has 2 nitrogen and oxygen atoms in total. The zero-order valence-electron chi connectivity index (χ0n) is 12.6. The van der Waals surface area contributed by atoms with Gasteiger partial charge >= 0.3 is 0 Å². The molecule has 0 aromatic rings. The number of allylic oxidation sites excluding steroid dienone is 2. The van der Waals surface area contributed by atoms with Crippen LogP contribution in [0.4, 0.5) is 0 Å². The predicted molar refractivity (Wildman–Crippen MR) is 80.0 cm³/mol. The van der Waals surface area contributed by atoms with Gasteiger partial charge in [0.2, 0.25) is 0 Å². The Morgan fingerprint density at radius 2 is 1.28 bits per heavy atom. The lowest BCUT2D eigenvalue weighted by atomic mass is 10.1. The third kappa shape index (κ3) is 29.5. The van der Waals surface area contributed by atoms with E-state index < -0.39 is 5.97 Å². The van der Waals surface area contributed by atoms with Crippen molar-refractivity contribution in [1.29, 1.82) is 0 Å². The van der Waals surface area contributed by atoms with Crippen LogP contribution in [0.5, 0.6) is 0 Å². The topological polar surface area (TPSA) is 37.3 Å². The van der Waals surface area contributed by atoms with Crippen LogP contribution in [0, 0.1) is 0 Å². The van der Waals surface area contributed by atoms with E-state index in [9.17, 15) is 0 Å². The number of carbonyl (C=O) groups is 1. The van der Waals surface area contributed by atoms with Crippen LogP contribution in [0.15, 0.2) is 12.2 Å². The van der Waals surface area contributed by atoms with Crippen LogP contribution >= 0.6 is 0 Å². The van der Waals surface area contributed by atoms with Crippen LogP contribution < -0.4 is 0 Å². The fraction of sp³-hybridized carbons (Fsp3) is 0.812. The van der Waals surface area contributed by atoms with E-state index in [0.717, 1.165) is 6.92 Å². The molecule has 0 aliphatic heterocycles. The second-order valence-electron chi connectivity index (χ2n) is 4.69. The van der Waals surface area contributed by atoms with Crippen LogP contribution in [0.3, 0.4) is 0 Å². The molecular formula is C16H32O2. The minimum atomic E-state index is -0.833. The van der Waals surface area contributed by atoms with E-state index >= 15 is 0 Å². The van der Waals surface area contributed by atoms with Gasteiger partial charge in [0.05, 0.1) is 0 Å². The maximum absolute atomic E-state index is 9.00. The van der Waals surface area contributed by atoms with Gasteiger partial charge in [-0.25, -0.2) is 0 Å². The second-order valence-corrected chi connectivity index (χ2v) is 4.69. The molecule has 0 spiro atoms. The third-order valence-electron chi connectivity index (χ3n) is 2.60. The van der Waals surface area contributed by atoms with Gasteiger partial charge in [-0.3, -0.25) is 4.79 Å². The number of hydrogen-bond donors (Lipinski definition) is 1. The quantitative estimate of drug-likeness (QED) is 0.409. The van der Waals surface area contributed by atoms with Crippen molar-refractivity contribution < 1.29 is 9.90 Å². The molecule has 0 bridgehead atoms. The molecule has 0 radical (unpaired) electrons. The van der Waals surface area contributed by atoms with Crippen LogP contribution in [0.25, 0.3) is 0 Å². The lowest BCUT2D eigenvalue weighted by Gasteiger charge is -1.98. The zero-order chi connectivity index (χ0) is 14.1. The Hall–Kier alpha value is -0.790. The van der Waals surface area contributed by atoms with E-state index in [2.05, 4.69) is 26.0 Å². The molecule has 108 valence electrons. The summed E-state index contributed by atoms with van der Waals surface area (Å²) in [5.74, 6) is -0.833. The molecule has 1 N–H and O–H groups in total. The van der Waals surface area contributed by atoms with Crippen molar-refractivity contribution in [1.82, 2.24) is 0 Å². The number of carboxylic acids is 1. The standard InChI is InChI=1S/C14H28.C2H4O2/c1-3-5-7-9-11-13-14-12-10-8-6-4-2;1-2(3)4/h7,9H,3-6,8,10-14H2,1-2H3;1H3,(H,3,4)/b9-7+;. The van der Waals surface area contributed by atoms with Gasteiger partial charge in [0.15, 0.2) is 0 Å². The summed E-state index contributed by atoms with van der Waals surface area (Å²) < 4.78 is 0. The monoisotopic (exact) mass is 256 g/mol. The highest BCUT2D eigenvalue weighted by molar-refractivity contribution is 5.62. The molecule has 0 aromatic heterocycles. The van der Waals surface area contributed by atoms with Crippen molar-refractivity contribution in [2.24, 2.45) is 0 Å². The summed E-state index contributed by atoms with van der Waals surface area (Å²) in [5.41, 5.74) is 0. The van der Waals surface area contributed by atoms with E-state index in [1.165, 1.54) is 64.2 Å². The minimum Gasteiger partial charge on any atom is -0.481 e. The zero-order valence-corrected chi connectivity index (χ0v) is 12.6. The number of carboxylic acid groups (broad SMARTS) is 1. The maximum Gasteiger partial charge on any atom is 0.300 e. The molecule has 0 aromatic carbocycles. The average Bonchev–Trinajstić information content (AvgIpc) is 2.31. The summed E-state index contributed by atoms with van der Waals surface area (Å²) in [6.45, 7) is 5.59. The van der Waals surface area contributed by atoms with E-state index in [0.29, 0.717) is 0 Å². The van der Waals surface area contributed by atoms with E-state index in [-0.39, 0.29) is 0 Å². The molecule has 0 atom stereocenters. The van der Waals surface area contributed by atoms with Gasteiger partial charge in [-0.05, 0) is 19.3 Å². The Kier molecular flexibility index (Phi) is 20.2. The van der Waals surface area contributed by atoms with Crippen molar-refractivity contribution in [3.8, 4) is 0 Å².